The zero-order valence-electron chi connectivity index (χ0n) is 13.1. The van der Waals surface area contributed by atoms with Crippen molar-refractivity contribution >= 4 is 29.4 Å². The summed E-state index contributed by atoms with van der Waals surface area (Å²) in [5.41, 5.74) is -0.909. The Morgan fingerprint density at radius 3 is 2.59 bits per heavy atom. The second-order valence-corrected chi connectivity index (χ2v) is 5.42. The summed E-state index contributed by atoms with van der Waals surface area (Å²) in [4.78, 5) is 18.5. The van der Waals surface area contributed by atoms with Crippen LogP contribution in [0.3, 0.4) is 0 Å². The first-order valence-electron chi connectivity index (χ1n) is 7.16. The van der Waals surface area contributed by atoms with E-state index < -0.39 is 17.9 Å². The molecule has 12 heteroatoms. The minimum atomic E-state index is -4.51. The number of hydrogen-bond acceptors (Lipinski definition) is 6. The molecule has 0 bridgehead atoms. The molecule has 2 N–H and O–H groups in total. The molecule has 0 saturated carbocycles. The first-order chi connectivity index (χ1) is 12.7. The monoisotopic (exact) mass is 399 g/mol. The van der Waals surface area contributed by atoms with E-state index in [2.05, 4.69) is 25.1 Å². The second kappa shape index (κ2) is 7.11. The van der Waals surface area contributed by atoms with Crippen molar-refractivity contribution in [3.05, 3.63) is 53.3 Å². The van der Waals surface area contributed by atoms with E-state index in [-0.39, 0.29) is 28.4 Å². The number of ether oxygens (including phenoxy) is 1. The smallest absolute Gasteiger partial charge is 0.449 e. The number of carbonyl (C=O) groups is 1. The van der Waals surface area contributed by atoms with Gasteiger partial charge in [-0.2, -0.15) is 17.9 Å². The molecule has 0 aliphatic heterocycles. The van der Waals surface area contributed by atoms with Crippen LogP contribution in [-0.2, 0) is 6.18 Å². The van der Waals surface area contributed by atoms with Crippen LogP contribution in [-0.4, -0.2) is 31.0 Å². The Balaban J connectivity index is 1.92. The van der Waals surface area contributed by atoms with E-state index in [0.717, 1.165) is 16.8 Å². The van der Waals surface area contributed by atoms with E-state index in [1.165, 1.54) is 18.3 Å². The summed E-state index contributed by atoms with van der Waals surface area (Å²) in [6.45, 7) is 0. The highest BCUT2D eigenvalue weighted by molar-refractivity contribution is 6.32. The number of nitrogens with zero attached hydrogens (tertiary/aromatic N) is 4. The first-order valence-corrected chi connectivity index (χ1v) is 7.54. The first kappa shape index (κ1) is 18.5. The van der Waals surface area contributed by atoms with Gasteiger partial charge in [0.2, 0.25) is 5.88 Å². The Morgan fingerprint density at radius 2 is 2.00 bits per heavy atom. The van der Waals surface area contributed by atoms with Crippen LogP contribution in [0.1, 0.15) is 5.56 Å². The normalized spacial score (nSPS) is 11.3. The largest absolute Gasteiger partial charge is 0.512 e. The number of pyridine rings is 2. The predicted octanol–water partition coefficient (Wildman–Crippen LogP) is 4.13. The number of halogens is 4. The van der Waals surface area contributed by atoms with Crippen molar-refractivity contribution in [1.82, 2.24) is 19.7 Å². The summed E-state index contributed by atoms with van der Waals surface area (Å²) in [7, 11) is 0. The third-order valence-corrected chi connectivity index (χ3v) is 3.45. The van der Waals surface area contributed by atoms with Crippen molar-refractivity contribution < 1.29 is 27.8 Å². The lowest BCUT2D eigenvalue weighted by Gasteiger charge is -2.07. The molecule has 140 valence electrons. The standard InChI is InChI=1S/C15H9ClF3N5O3/c16-9-2-1-5-20-13(9)24-12(27-14(25)26)6-11(23-24)22-10-4-3-8(7-21-10)15(17,18)19/h1-7H,(H,25,26)(H,21,22,23). The van der Waals surface area contributed by atoms with Gasteiger partial charge in [0.25, 0.3) is 0 Å². The Hall–Kier alpha value is -3.34. The third kappa shape index (κ3) is 4.26. The zero-order valence-corrected chi connectivity index (χ0v) is 13.9. The van der Waals surface area contributed by atoms with E-state index in [1.807, 2.05) is 0 Å². The highest BCUT2D eigenvalue weighted by Crippen LogP contribution is 2.30. The molecule has 0 aliphatic carbocycles. The van der Waals surface area contributed by atoms with Crippen LogP contribution in [0.4, 0.5) is 29.6 Å². The van der Waals surface area contributed by atoms with Gasteiger partial charge < -0.3 is 15.2 Å². The van der Waals surface area contributed by atoms with Crippen LogP contribution >= 0.6 is 11.6 Å². The molecule has 3 rings (SSSR count). The van der Waals surface area contributed by atoms with Gasteiger partial charge in [-0.3, -0.25) is 0 Å². The topological polar surface area (TPSA) is 102 Å². The molecule has 0 radical (unpaired) electrons. The SMILES string of the molecule is O=C(O)Oc1cc(Nc2ccc(C(F)(F)F)cn2)nn1-c1ncccc1Cl. The number of alkyl halides is 3. The third-order valence-electron chi connectivity index (χ3n) is 3.16. The number of anilines is 2. The fraction of sp³-hybridized carbons (Fsp3) is 0.0667. The van der Waals surface area contributed by atoms with Crippen LogP contribution in [0, 0.1) is 0 Å². The van der Waals surface area contributed by atoms with Crippen molar-refractivity contribution in [1.29, 1.82) is 0 Å². The number of nitrogens with one attached hydrogen (secondary N) is 1. The zero-order chi connectivity index (χ0) is 19.6. The summed E-state index contributed by atoms with van der Waals surface area (Å²) in [5, 5.41) is 15.8. The van der Waals surface area contributed by atoms with Crippen LogP contribution in [0.2, 0.25) is 5.02 Å². The number of rotatable bonds is 4. The molecule has 0 spiro atoms. The van der Waals surface area contributed by atoms with Gasteiger partial charge in [0.05, 0.1) is 10.6 Å². The van der Waals surface area contributed by atoms with Gasteiger partial charge in [0, 0.05) is 18.5 Å². The maximum absolute atomic E-state index is 12.6. The van der Waals surface area contributed by atoms with Gasteiger partial charge >= 0.3 is 12.3 Å². The Bertz CT molecular complexity index is 976. The fourth-order valence-electron chi connectivity index (χ4n) is 2.04. The van der Waals surface area contributed by atoms with Crippen molar-refractivity contribution in [3.8, 4) is 11.7 Å². The number of carboxylic acid groups (broad SMARTS) is 1. The molecule has 0 fully saturated rings. The predicted molar refractivity (Wildman–Crippen MR) is 87.5 cm³/mol. The van der Waals surface area contributed by atoms with Crippen LogP contribution in [0.5, 0.6) is 5.88 Å². The van der Waals surface area contributed by atoms with Gasteiger partial charge in [-0.15, -0.1) is 5.10 Å². The molecule has 0 amide bonds. The summed E-state index contributed by atoms with van der Waals surface area (Å²) < 4.78 is 43.4. The molecule has 0 saturated heterocycles. The summed E-state index contributed by atoms with van der Waals surface area (Å²) >= 11 is 6.03. The maximum atomic E-state index is 12.6. The average molecular weight is 400 g/mol. The van der Waals surface area contributed by atoms with E-state index in [4.69, 9.17) is 16.7 Å². The minimum Gasteiger partial charge on any atom is -0.449 e. The molecule has 27 heavy (non-hydrogen) atoms. The lowest BCUT2D eigenvalue weighted by atomic mass is 10.3. The Morgan fingerprint density at radius 1 is 1.22 bits per heavy atom. The highest BCUT2D eigenvalue weighted by Gasteiger charge is 2.30. The van der Waals surface area contributed by atoms with E-state index in [0.29, 0.717) is 6.20 Å². The van der Waals surface area contributed by atoms with Gasteiger partial charge in [-0.25, -0.2) is 14.8 Å². The number of hydrogen-bond donors (Lipinski definition) is 2. The van der Waals surface area contributed by atoms with Gasteiger partial charge in [0.1, 0.15) is 5.82 Å². The molecular formula is C15H9ClF3N5O3. The molecule has 0 atom stereocenters. The van der Waals surface area contributed by atoms with Gasteiger partial charge in [-0.1, -0.05) is 11.6 Å². The molecule has 0 unspecified atom stereocenters. The van der Waals surface area contributed by atoms with Gasteiger partial charge in [0.15, 0.2) is 11.6 Å². The maximum Gasteiger partial charge on any atom is 0.512 e. The van der Waals surface area contributed by atoms with Crippen molar-refractivity contribution in [2.24, 2.45) is 0 Å². The molecule has 3 aromatic rings. The lowest BCUT2D eigenvalue weighted by Crippen LogP contribution is -2.09. The number of aromatic nitrogens is 4. The summed E-state index contributed by atoms with van der Waals surface area (Å²) in [5.74, 6) is -0.0109. The van der Waals surface area contributed by atoms with E-state index in [9.17, 15) is 18.0 Å². The van der Waals surface area contributed by atoms with Gasteiger partial charge in [-0.05, 0) is 24.3 Å². The van der Waals surface area contributed by atoms with Crippen molar-refractivity contribution in [3.63, 3.8) is 0 Å². The molecule has 3 heterocycles. The Labute approximate surface area is 154 Å². The molecule has 8 nitrogen and oxygen atoms in total. The van der Waals surface area contributed by atoms with Crippen molar-refractivity contribution in [2.45, 2.75) is 6.18 Å². The fourth-order valence-corrected chi connectivity index (χ4v) is 2.24. The summed E-state index contributed by atoms with van der Waals surface area (Å²) in [6, 6.07) is 6.24. The Kier molecular flexibility index (Phi) is 4.86. The lowest BCUT2D eigenvalue weighted by molar-refractivity contribution is -0.137. The van der Waals surface area contributed by atoms with Crippen LogP contribution in [0.15, 0.2) is 42.7 Å². The molecule has 3 aromatic heterocycles. The van der Waals surface area contributed by atoms with Crippen LogP contribution in [0.25, 0.3) is 5.82 Å². The quantitative estimate of drug-likeness (QED) is 0.636. The molecule has 0 aliphatic rings. The highest BCUT2D eigenvalue weighted by atomic mass is 35.5. The minimum absolute atomic E-state index is 0.0558. The second-order valence-electron chi connectivity index (χ2n) is 5.01. The van der Waals surface area contributed by atoms with E-state index >= 15 is 0 Å². The van der Waals surface area contributed by atoms with Crippen molar-refractivity contribution in [2.75, 3.05) is 5.32 Å². The molecular weight excluding hydrogens is 391 g/mol. The van der Waals surface area contributed by atoms with Crippen LogP contribution < -0.4 is 10.1 Å². The van der Waals surface area contributed by atoms with E-state index in [1.54, 1.807) is 6.07 Å². The molecule has 0 aromatic carbocycles. The summed E-state index contributed by atoms with van der Waals surface area (Å²) in [6.07, 6.45) is -4.03. The average Bonchev–Trinajstić information content (AvgIpc) is 2.96.